The van der Waals surface area contributed by atoms with Gasteiger partial charge in [-0.2, -0.15) is 0 Å². The Morgan fingerprint density at radius 2 is 2.33 bits per heavy atom. The first-order valence-corrected chi connectivity index (χ1v) is 4.83. The van der Waals surface area contributed by atoms with Gasteiger partial charge in [0.25, 0.3) is 0 Å². The highest BCUT2D eigenvalue weighted by molar-refractivity contribution is 5.81. The van der Waals surface area contributed by atoms with Crippen molar-refractivity contribution in [1.82, 2.24) is 10.3 Å². The number of hydrogen-bond donors (Lipinski definition) is 2. The first kappa shape index (κ1) is 11.3. The molecule has 5 nitrogen and oxygen atoms in total. The lowest BCUT2D eigenvalue weighted by Gasteiger charge is -2.21. The minimum Gasteiger partial charge on any atom is -0.397 e. The van der Waals surface area contributed by atoms with Crippen LogP contribution in [0.2, 0.25) is 0 Å². The smallest absolute Gasteiger partial charge is 0.239 e. The number of nitrogens with zero attached hydrogens (tertiary/aromatic N) is 2. The lowest BCUT2D eigenvalue weighted by Crippen LogP contribution is -2.35. The molecule has 0 fully saturated rings. The Hall–Kier alpha value is -1.78. The normalized spacial score (nSPS) is 9.73. The quantitative estimate of drug-likeness (QED) is 0.743. The summed E-state index contributed by atoms with van der Waals surface area (Å²) in [4.78, 5) is 17.1. The van der Waals surface area contributed by atoms with Crippen molar-refractivity contribution in [3.05, 3.63) is 18.5 Å². The van der Waals surface area contributed by atoms with Gasteiger partial charge in [0.05, 0.1) is 24.1 Å². The summed E-state index contributed by atoms with van der Waals surface area (Å²) in [7, 11) is 1.62. The number of anilines is 2. The van der Waals surface area contributed by atoms with E-state index in [1.165, 1.54) is 0 Å². The van der Waals surface area contributed by atoms with Gasteiger partial charge in [-0.3, -0.25) is 9.78 Å². The molecule has 5 heteroatoms. The van der Waals surface area contributed by atoms with Crippen LogP contribution in [-0.2, 0) is 4.79 Å². The standard InChI is InChI=1S/C10H16N4O/c1-3-14(7-10(15)12-2)9-4-8(11)5-13-6-9/h4-6H,3,7,11H2,1-2H3,(H,12,15). The Kier molecular flexibility index (Phi) is 3.91. The van der Waals surface area contributed by atoms with Gasteiger partial charge in [-0.25, -0.2) is 0 Å². The Morgan fingerprint density at radius 3 is 2.87 bits per heavy atom. The minimum atomic E-state index is -0.0284. The van der Waals surface area contributed by atoms with E-state index in [-0.39, 0.29) is 5.91 Å². The van der Waals surface area contributed by atoms with Crippen molar-refractivity contribution in [3.8, 4) is 0 Å². The summed E-state index contributed by atoms with van der Waals surface area (Å²) in [6.07, 6.45) is 3.28. The summed E-state index contributed by atoms with van der Waals surface area (Å²) in [5, 5.41) is 2.58. The second-order valence-electron chi connectivity index (χ2n) is 3.16. The monoisotopic (exact) mass is 208 g/mol. The summed E-state index contributed by atoms with van der Waals surface area (Å²) in [6.45, 7) is 3.03. The third-order valence-corrected chi connectivity index (χ3v) is 2.11. The van der Waals surface area contributed by atoms with E-state index in [0.29, 0.717) is 12.2 Å². The van der Waals surface area contributed by atoms with Gasteiger partial charge in [0.2, 0.25) is 5.91 Å². The van der Waals surface area contributed by atoms with Crippen LogP contribution in [0, 0.1) is 0 Å². The van der Waals surface area contributed by atoms with Gasteiger partial charge >= 0.3 is 0 Å². The molecule has 0 unspecified atom stereocenters. The van der Waals surface area contributed by atoms with E-state index in [4.69, 9.17) is 5.73 Å². The Bertz CT molecular complexity index is 340. The summed E-state index contributed by atoms with van der Waals surface area (Å²) < 4.78 is 0. The number of rotatable bonds is 4. The van der Waals surface area contributed by atoms with Crippen molar-refractivity contribution in [2.75, 3.05) is 30.8 Å². The van der Waals surface area contributed by atoms with Crippen LogP contribution < -0.4 is 16.0 Å². The number of aromatic nitrogens is 1. The van der Waals surface area contributed by atoms with Crippen LogP contribution in [0.3, 0.4) is 0 Å². The molecule has 1 rings (SSSR count). The molecule has 15 heavy (non-hydrogen) atoms. The highest BCUT2D eigenvalue weighted by atomic mass is 16.1. The van der Waals surface area contributed by atoms with Crippen LogP contribution in [0.1, 0.15) is 6.92 Å². The van der Waals surface area contributed by atoms with E-state index in [0.717, 1.165) is 12.2 Å². The molecular formula is C10H16N4O. The summed E-state index contributed by atoms with van der Waals surface area (Å²) >= 11 is 0. The lowest BCUT2D eigenvalue weighted by molar-refractivity contribution is -0.119. The first-order valence-electron chi connectivity index (χ1n) is 4.83. The van der Waals surface area contributed by atoms with Gasteiger partial charge in [0.15, 0.2) is 0 Å². The molecule has 82 valence electrons. The maximum absolute atomic E-state index is 11.2. The average molecular weight is 208 g/mol. The topological polar surface area (TPSA) is 71.2 Å². The third-order valence-electron chi connectivity index (χ3n) is 2.11. The van der Waals surface area contributed by atoms with E-state index >= 15 is 0 Å². The summed E-state index contributed by atoms with van der Waals surface area (Å²) in [5.74, 6) is -0.0284. The van der Waals surface area contributed by atoms with Gasteiger partial charge in [-0.05, 0) is 13.0 Å². The molecule has 1 amide bonds. The number of pyridine rings is 1. The Labute approximate surface area is 89.3 Å². The molecule has 1 aromatic rings. The number of nitrogens with one attached hydrogen (secondary N) is 1. The molecule has 0 atom stereocenters. The zero-order valence-corrected chi connectivity index (χ0v) is 9.03. The highest BCUT2D eigenvalue weighted by Gasteiger charge is 2.08. The van der Waals surface area contributed by atoms with Crippen molar-refractivity contribution in [2.45, 2.75) is 6.92 Å². The third kappa shape index (κ3) is 3.12. The number of amides is 1. The number of carbonyl (C=O) groups is 1. The van der Waals surface area contributed by atoms with E-state index < -0.39 is 0 Å². The molecule has 3 N–H and O–H groups in total. The summed E-state index contributed by atoms with van der Waals surface area (Å²) in [5.41, 5.74) is 7.09. The number of carbonyl (C=O) groups excluding carboxylic acids is 1. The number of nitrogen functional groups attached to an aromatic ring is 1. The first-order chi connectivity index (χ1) is 7.17. The fourth-order valence-corrected chi connectivity index (χ4v) is 1.26. The molecule has 1 heterocycles. The van der Waals surface area contributed by atoms with E-state index in [1.54, 1.807) is 25.5 Å². The predicted octanol–water partition coefficient (Wildman–Crippen LogP) is 0.236. The van der Waals surface area contributed by atoms with Crippen LogP contribution in [0.4, 0.5) is 11.4 Å². The second-order valence-corrected chi connectivity index (χ2v) is 3.16. The van der Waals surface area contributed by atoms with Crippen molar-refractivity contribution in [2.24, 2.45) is 0 Å². The summed E-state index contributed by atoms with van der Waals surface area (Å²) in [6, 6.07) is 1.80. The van der Waals surface area contributed by atoms with Crippen molar-refractivity contribution >= 4 is 17.3 Å². The number of likely N-dealkylation sites (N-methyl/N-ethyl adjacent to an activating group) is 2. The van der Waals surface area contributed by atoms with Crippen LogP contribution in [0.5, 0.6) is 0 Å². The molecular weight excluding hydrogens is 192 g/mol. The van der Waals surface area contributed by atoms with Gasteiger partial charge < -0.3 is 16.0 Å². The van der Waals surface area contributed by atoms with Gasteiger partial charge in [-0.1, -0.05) is 0 Å². The van der Waals surface area contributed by atoms with Crippen LogP contribution in [-0.4, -0.2) is 31.0 Å². The number of hydrogen-bond acceptors (Lipinski definition) is 4. The zero-order chi connectivity index (χ0) is 11.3. The van der Waals surface area contributed by atoms with Gasteiger partial charge in [0, 0.05) is 19.8 Å². The maximum Gasteiger partial charge on any atom is 0.239 e. The largest absolute Gasteiger partial charge is 0.397 e. The van der Waals surface area contributed by atoms with Crippen molar-refractivity contribution in [3.63, 3.8) is 0 Å². The molecule has 0 saturated heterocycles. The molecule has 1 aromatic heterocycles. The molecule has 0 spiro atoms. The molecule has 0 bridgehead atoms. The molecule has 0 aromatic carbocycles. The number of nitrogens with two attached hydrogens (primary N) is 1. The average Bonchev–Trinajstić information content (AvgIpc) is 2.25. The Morgan fingerprint density at radius 1 is 1.60 bits per heavy atom. The maximum atomic E-state index is 11.2. The molecule has 0 aliphatic heterocycles. The van der Waals surface area contributed by atoms with Crippen LogP contribution >= 0.6 is 0 Å². The van der Waals surface area contributed by atoms with Crippen molar-refractivity contribution < 1.29 is 4.79 Å². The predicted molar refractivity (Wildman–Crippen MR) is 60.6 cm³/mol. The van der Waals surface area contributed by atoms with E-state index in [2.05, 4.69) is 10.3 Å². The zero-order valence-electron chi connectivity index (χ0n) is 9.03. The van der Waals surface area contributed by atoms with Gasteiger partial charge in [-0.15, -0.1) is 0 Å². The van der Waals surface area contributed by atoms with Crippen LogP contribution in [0.15, 0.2) is 18.5 Å². The second kappa shape index (κ2) is 5.19. The molecule has 0 aliphatic rings. The molecule has 0 saturated carbocycles. The minimum absolute atomic E-state index is 0.0284. The van der Waals surface area contributed by atoms with Crippen LogP contribution in [0.25, 0.3) is 0 Å². The molecule has 0 aliphatic carbocycles. The van der Waals surface area contributed by atoms with Gasteiger partial charge in [0.1, 0.15) is 0 Å². The fourth-order valence-electron chi connectivity index (χ4n) is 1.26. The highest BCUT2D eigenvalue weighted by Crippen LogP contribution is 2.14. The van der Waals surface area contributed by atoms with Crippen molar-refractivity contribution in [1.29, 1.82) is 0 Å². The fraction of sp³-hybridized carbons (Fsp3) is 0.400. The lowest BCUT2D eigenvalue weighted by atomic mass is 10.3. The van der Waals surface area contributed by atoms with E-state index in [1.807, 2.05) is 11.8 Å². The Balaban J connectivity index is 2.78. The van der Waals surface area contributed by atoms with E-state index in [9.17, 15) is 4.79 Å². The molecule has 0 radical (unpaired) electrons. The SMILES string of the molecule is CCN(CC(=O)NC)c1cncc(N)c1.